The molecule has 0 aliphatic heterocycles. The number of pyridine rings is 2. The summed E-state index contributed by atoms with van der Waals surface area (Å²) in [7, 11) is 0. The first-order valence-corrected chi connectivity index (χ1v) is 5.93. The standard InChI is InChI=1S/C14H10N4O2/c19-13(10-4-3-6-15-8-10)17-11-9-16-12-5-1-2-7-18(12)14(11)20/h1-9H,(H,17,19). The van der Waals surface area contributed by atoms with Gasteiger partial charge in [-0.3, -0.25) is 19.0 Å². The van der Waals surface area contributed by atoms with Crippen LogP contribution in [0.3, 0.4) is 0 Å². The number of carbonyl (C=O) groups is 1. The summed E-state index contributed by atoms with van der Waals surface area (Å²) in [5.74, 6) is -0.395. The Balaban J connectivity index is 1.98. The molecule has 0 aliphatic carbocycles. The molecule has 0 aromatic carbocycles. The normalized spacial score (nSPS) is 10.4. The Bertz CT molecular complexity index is 827. The highest BCUT2D eigenvalue weighted by molar-refractivity contribution is 6.03. The van der Waals surface area contributed by atoms with Gasteiger partial charge in [-0.05, 0) is 24.3 Å². The van der Waals surface area contributed by atoms with Gasteiger partial charge in [0, 0.05) is 18.6 Å². The molecule has 0 fully saturated rings. The molecule has 3 rings (SSSR count). The van der Waals surface area contributed by atoms with Gasteiger partial charge in [0.25, 0.3) is 11.5 Å². The van der Waals surface area contributed by atoms with E-state index in [1.54, 1.807) is 42.7 Å². The summed E-state index contributed by atoms with van der Waals surface area (Å²) in [4.78, 5) is 32.1. The monoisotopic (exact) mass is 266 g/mol. The summed E-state index contributed by atoms with van der Waals surface area (Å²) in [6, 6.07) is 8.50. The molecule has 0 spiro atoms. The lowest BCUT2D eigenvalue weighted by molar-refractivity contribution is 0.102. The van der Waals surface area contributed by atoms with Crippen molar-refractivity contribution in [2.24, 2.45) is 0 Å². The zero-order chi connectivity index (χ0) is 13.9. The number of fused-ring (bicyclic) bond motifs is 1. The van der Waals surface area contributed by atoms with Gasteiger partial charge in [-0.25, -0.2) is 4.98 Å². The minimum Gasteiger partial charge on any atom is -0.316 e. The summed E-state index contributed by atoms with van der Waals surface area (Å²) >= 11 is 0. The predicted octanol–water partition coefficient (Wildman–Crippen LogP) is 1.34. The highest BCUT2D eigenvalue weighted by Gasteiger charge is 2.10. The molecular formula is C14H10N4O2. The van der Waals surface area contributed by atoms with Crippen molar-refractivity contribution in [3.8, 4) is 0 Å². The van der Waals surface area contributed by atoms with Gasteiger partial charge in [-0.1, -0.05) is 6.07 Å². The predicted molar refractivity (Wildman–Crippen MR) is 73.7 cm³/mol. The van der Waals surface area contributed by atoms with E-state index in [0.717, 1.165) is 0 Å². The lowest BCUT2D eigenvalue weighted by Gasteiger charge is -2.05. The van der Waals surface area contributed by atoms with Crippen LogP contribution in [0.1, 0.15) is 10.4 Å². The van der Waals surface area contributed by atoms with E-state index in [1.165, 1.54) is 16.8 Å². The van der Waals surface area contributed by atoms with Crippen LogP contribution in [0.4, 0.5) is 5.69 Å². The quantitative estimate of drug-likeness (QED) is 0.759. The number of amides is 1. The van der Waals surface area contributed by atoms with Crippen molar-refractivity contribution in [2.45, 2.75) is 0 Å². The number of anilines is 1. The van der Waals surface area contributed by atoms with Crippen molar-refractivity contribution in [1.82, 2.24) is 14.4 Å². The topological polar surface area (TPSA) is 76.4 Å². The van der Waals surface area contributed by atoms with E-state index in [2.05, 4.69) is 15.3 Å². The summed E-state index contributed by atoms with van der Waals surface area (Å²) in [5.41, 5.74) is 0.706. The Kier molecular flexibility index (Phi) is 2.96. The van der Waals surface area contributed by atoms with E-state index < -0.39 is 5.91 Å². The zero-order valence-corrected chi connectivity index (χ0v) is 10.4. The van der Waals surface area contributed by atoms with Crippen molar-refractivity contribution in [3.63, 3.8) is 0 Å². The SMILES string of the molecule is O=C(Nc1cnc2ccccn2c1=O)c1cccnc1. The average Bonchev–Trinajstić information content (AvgIpc) is 2.51. The van der Waals surface area contributed by atoms with Gasteiger partial charge in [0.05, 0.1) is 11.8 Å². The molecule has 20 heavy (non-hydrogen) atoms. The van der Waals surface area contributed by atoms with Gasteiger partial charge < -0.3 is 5.32 Å². The lowest BCUT2D eigenvalue weighted by Crippen LogP contribution is -2.23. The molecule has 0 saturated carbocycles. The van der Waals surface area contributed by atoms with Crippen LogP contribution >= 0.6 is 0 Å². The molecular weight excluding hydrogens is 256 g/mol. The number of nitrogens with one attached hydrogen (secondary N) is 1. The Labute approximate surface area is 113 Å². The van der Waals surface area contributed by atoms with Crippen LogP contribution in [0.25, 0.3) is 5.65 Å². The second kappa shape index (κ2) is 4.93. The first-order chi connectivity index (χ1) is 9.75. The molecule has 6 heteroatoms. The van der Waals surface area contributed by atoms with Crippen LogP contribution in [0.5, 0.6) is 0 Å². The number of rotatable bonds is 2. The first kappa shape index (κ1) is 12.0. The van der Waals surface area contributed by atoms with Crippen molar-refractivity contribution in [1.29, 1.82) is 0 Å². The molecule has 0 bridgehead atoms. The highest BCUT2D eigenvalue weighted by Crippen LogP contribution is 2.04. The van der Waals surface area contributed by atoms with Crippen LogP contribution in [-0.4, -0.2) is 20.3 Å². The second-order valence-electron chi connectivity index (χ2n) is 4.10. The fourth-order valence-corrected chi connectivity index (χ4v) is 1.80. The number of carbonyl (C=O) groups excluding carboxylic acids is 1. The van der Waals surface area contributed by atoms with Crippen LogP contribution in [0, 0.1) is 0 Å². The molecule has 3 aromatic heterocycles. The molecule has 6 nitrogen and oxygen atoms in total. The number of nitrogens with zero attached hydrogens (tertiary/aromatic N) is 3. The van der Waals surface area contributed by atoms with E-state index in [4.69, 9.17) is 0 Å². The fourth-order valence-electron chi connectivity index (χ4n) is 1.80. The largest absolute Gasteiger partial charge is 0.316 e. The number of hydrogen-bond donors (Lipinski definition) is 1. The summed E-state index contributed by atoms with van der Waals surface area (Å²) in [5, 5.41) is 2.54. The minimum atomic E-state index is -0.395. The smallest absolute Gasteiger partial charge is 0.281 e. The van der Waals surface area contributed by atoms with Crippen molar-refractivity contribution >= 4 is 17.2 Å². The summed E-state index contributed by atoms with van der Waals surface area (Å²) < 4.78 is 1.37. The first-order valence-electron chi connectivity index (χ1n) is 5.93. The van der Waals surface area contributed by atoms with Gasteiger partial charge in [-0.15, -0.1) is 0 Å². The van der Waals surface area contributed by atoms with Crippen molar-refractivity contribution in [2.75, 3.05) is 5.32 Å². The molecule has 98 valence electrons. The molecule has 3 aromatic rings. The van der Waals surface area contributed by atoms with E-state index in [1.807, 2.05) is 0 Å². The number of hydrogen-bond acceptors (Lipinski definition) is 4. The maximum absolute atomic E-state index is 12.2. The zero-order valence-electron chi connectivity index (χ0n) is 10.4. The molecule has 1 N–H and O–H groups in total. The molecule has 0 atom stereocenters. The van der Waals surface area contributed by atoms with Crippen molar-refractivity contribution in [3.05, 3.63) is 71.0 Å². The molecule has 0 aliphatic rings. The Morgan fingerprint density at radius 3 is 2.85 bits per heavy atom. The number of aromatic nitrogens is 3. The molecule has 3 heterocycles. The minimum absolute atomic E-state index is 0.127. The Morgan fingerprint density at radius 2 is 2.05 bits per heavy atom. The van der Waals surface area contributed by atoms with Crippen LogP contribution < -0.4 is 10.9 Å². The summed E-state index contributed by atoms with van der Waals surface area (Å²) in [6.45, 7) is 0. The third-order valence-corrected chi connectivity index (χ3v) is 2.79. The molecule has 1 amide bonds. The Morgan fingerprint density at radius 1 is 1.15 bits per heavy atom. The van der Waals surface area contributed by atoms with Crippen LogP contribution in [0.15, 0.2) is 59.9 Å². The average molecular weight is 266 g/mol. The van der Waals surface area contributed by atoms with Crippen LogP contribution in [-0.2, 0) is 0 Å². The molecule has 0 radical (unpaired) electrons. The van der Waals surface area contributed by atoms with Gasteiger partial charge in [-0.2, -0.15) is 0 Å². The lowest BCUT2D eigenvalue weighted by atomic mass is 10.2. The third-order valence-electron chi connectivity index (χ3n) is 2.79. The Hall–Kier alpha value is -3.02. The van der Waals surface area contributed by atoms with Gasteiger partial charge in [0.15, 0.2) is 0 Å². The van der Waals surface area contributed by atoms with E-state index in [-0.39, 0.29) is 11.2 Å². The highest BCUT2D eigenvalue weighted by atomic mass is 16.2. The summed E-state index contributed by atoms with van der Waals surface area (Å²) in [6.07, 6.45) is 5.96. The maximum Gasteiger partial charge on any atom is 0.281 e. The van der Waals surface area contributed by atoms with Crippen LogP contribution in [0.2, 0.25) is 0 Å². The molecule has 0 unspecified atom stereocenters. The molecule has 0 saturated heterocycles. The van der Waals surface area contributed by atoms with E-state index in [0.29, 0.717) is 11.2 Å². The maximum atomic E-state index is 12.2. The van der Waals surface area contributed by atoms with Gasteiger partial charge >= 0.3 is 0 Å². The van der Waals surface area contributed by atoms with E-state index >= 15 is 0 Å². The second-order valence-corrected chi connectivity index (χ2v) is 4.10. The van der Waals surface area contributed by atoms with Gasteiger partial charge in [0.1, 0.15) is 11.3 Å². The van der Waals surface area contributed by atoms with Gasteiger partial charge in [0.2, 0.25) is 0 Å². The van der Waals surface area contributed by atoms with E-state index in [9.17, 15) is 9.59 Å². The third kappa shape index (κ3) is 2.14. The fraction of sp³-hybridized carbons (Fsp3) is 0. The van der Waals surface area contributed by atoms with Crippen molar-refractivity contribution < 1.29 is 4.79 Å².